The summed E-state index contributed by atoms with van der Waals surface area (Å²) in [6.45, 7) is 6.49. The van der Waals surface area contributed by atoms with Crippen LogP contribution in [0.2, 0.25) is 0 Å². The van der Waals surface area contributed by atoms with Gasteiger partial charge < -0.3 is 14.0 Å². The number of furan rings is 1. The number of rotatable bonds is 7. The quantitative estimate of drug-likeness (QED) is 0.126. The van der Waals surface area contributed by atoms with E-state index in [9.17, 15) is 0 Å². The van der Waals surface area contributed by atoms with Crippen molar-refractivity contribution in [1.29, 1.82) is 0 Å². The van der Waals surface area contributed by atoms with E-state index in [-0.39, 0.29) is 5.92 Å². The Morgan fingerprint density at radius 3 is 2.17 bits per heavy atom. The highest BCUT2D eigenvalue weighted by Crippen LogP contribution is 2.40. The summed E-state index contributed by atoms with van der Waals surface area (Å²) in [5.41, 5.74) is 14.3. The normalized spacial score (nSPS) is 14.3. The zero-order valence-electron chi connectivity index (χ0n) is 35.3. The second-order valence-corrected chi connectivity index (χ2v) is 16.7. The molecule has 5 heteroatoms. The number of H-pyrrole nitrogens is 1. The Labute approximate surface area is 370 Å². The van der Waals surface area contributed by atoms with Crippen molar-refractivity contribution in [3.05, 3.63) is 227 Å². The first-order valence-corrected chi connectivity index (χ1v) is 21.9. The maximum Gasteiger partial charge on any atom is 0.160 e. The number of hydrogen-bond acceptors (Lipinski definition) is 2. The van der Waals surface area contributed by atoms with Gasteiger partial charge in [0, 0.05) is 77.0 Å². The first kappa shape index (κ1) is 37.5. The molecule has 1 unspecified atom stereocenters. The number of hydrogen-bond donors (Lipinski definition) is 1. The van der Waals surface area contributed by atoms with Gasteiger partial charge in [-0.3, -0.25) is 0 Å². The number of aliphatic imine (C=N–C) groups is 2. The predicted molar refractivity (Wildman–Crippen MR) is 268 cm³/mol. The van der Waals surface area contributed by atoms with Crippen molar-refractivity contribution in [2.45, 2.75) is 19.3 Å². The van der Waals surface area contributed by atoms with Gasteiger partial charge in [0.05, 0.1) is 11.2 Å². The molecule has 1 atom stereocenters. The van der Waals surface area contributed by atoms with Crippen LogP contribution in [0.5, 0.6) is 0 Å². The molecule has 1 aliphatic rings. The Balaban J connectivity index is 0.956. The van der Waals surface area contributed by atoms with Crippen molar-refractivity contribution < 1.29 is 4.42 Å². The summed E-state index contributed by atoms with van der Waals surface area (Å²) < 4.78 is 9.03. The minimum absolute atomic E-state index is 0.180. The minimum atomic E-state index is 0.180. The highest BCUT2D eigenvalue weighted by atomic mass is 16.3. The zero-order valence-corrected chi connectivity index (χ0v) is 35.3. The molecule has 64 heavy (non-hydrogen) atoms. The average Bonchev–Trinajstić information content (AvgIpc) is 4.03. The lowest BCUT2D eigenvalue weighted by Gasteiger charge is -2.15. The van der Waals surface area contributed by atoms with Crippen LogP contribution < -0.4 is 10.6 Å². The van der Waals surface area contributed by atoms with E-state index in [4.69, 9.17) is 14.4 Å². The Morgan fingerprint density at radius 1 is 0.609 bits per heavy atom. The van der Waals surface area contributed by atoms with Gasteiger partial charge in [0.25, 0.3) is 0 Å². The molecular weight excluding hydrogens is 781 g/mol. The lowest BCUT2D eigenvalue weighted by atomic mass is 9.90. The Bertz CT molecular complexity index is 3830. The van der Waals surface area contributed by atoms with Crippen molar-refractivity contribution in [3.63, 3.8) is 0 Å². The van der Waals surface area contributed by atoms with Gasteiger partial charge in [-0.25, -0.2) is 9.98 Å². The molecule has 0 aliphatic heterocycles. The monoisotopic (exact) mass is 822 g/mol. The fourth-order valence-corrected chi connectivity index (χ4v) is 9.73. The van der Waals surface area contributed by atoms with E-state index in [1.807, 2.05) is 55.5 Å². The molecule has 1 N–H and O–H groups in total. The molecule has 0 amide bonds. The molecule has 5 nitrogen and oxygen atoms in total. The highest BCUT2D eigenvalue weighted by Gasteiger charge is 2.22. The van der Waals surface area contributed by atoms with Crippen LogP contribution in [0.4, 0.5) is 0 Å². The van der Waals surface area contributed by atoms with E-state index in [2.05, 4.69) is 168 Å². The summed E-state index contributed by atoms with van der Waals surface area (Å²) in [6.07, 6.45) is 5.81. The van der Waals surface area contributed by atoms with E-state index in [1.165, 1.54) is 37.8 Å². The molecular formula is C59H42N4O. The van der Waals surface area contributed by atoms with Crippen LogP contribution in [-0.4, -0.2) is 21.1 Å². The molecule has 0 saturated heterocycles. The van der Waals surface area contributed by atoms with E-state index in [0.717, 1.165) is 78.6 Å². The maximum atomic E-state index is 6.57. The van der Waals surface area contributed by atoms with Crippen LogP contribution in [-0.2, 0) is 0 Å². The maximum absolute atomic E-state index is 6.57. The second kappa shape index (κ2) is 15.3. The second-order valence-electron chi connectivity index (χ2n) is 16.7. The van der Waals surface area contributed by atoms with Crippen LogP contribution in [0.15, 0.2) is 209 Å². The number of nitrogens with zero attached hydrogens (tertiary/aromatic N) is 3. The minimum Gasteiger partial charge on any atom is -0.456 e. The van der Waals surface area contributed by atoms with Crippen LogP contribution >= 0.6 is 0 Å². The van der Waals surface area contributed by atoms with Crippen LogP contribution in [0, 0.1) is 0 Å². The van der Waals surface area contributed by atoms with Gasteiger partial charge in [0.2, 0.25) is 0 Å². The van der Waals surface area contributed by atoms with E-state index in [0.29, 0.717) is 11.5 Å². The number of amidine groups is 1. The van der Waals surface area contributed by atoms with Gasteiger partial charge >= 0.3 is 0 Å². The molecule has 8 aromatic carbocycles. The van der Waals surface area contributed by atoms with Gasteiger partial charge in [0.15, 0.2) is 5.84 Å². The average molecular weight is 823 g/mol. The lowest BCUT2D eigenvalue weighted by molar-refractivity contribution is 0.668. The highest BCUT2D eigenvalue weighted by molar-refractivity contribution is 6.20. The smallest absolute Gasteiger partial charge is 0.160 e. The number of para-hydroxylation sites is 2. The molecule has 11 aromatic rings. The van der Waals surface area contributed by atoms with Crippen molar-refractivity contribution in [3.8, 4) is 16.8 Å². The summed E-state index contributed by atoms with van der Waals surface area (Å²) in [7, 11) is 0. The van der Waals surface area contributed by atoms with Gasteiger partial charge in [0.1, 0.15) is 11.2 Å². The van der Waals surface area contributed by atoms with Crippen molar-refractivity contribution in [1.82, 2.24) is 9.55 Å². The lowest BCUT2D eigenvalue weighted by Crippen LogP contribution is -2.31. The van der Waals surface area contributed by atoms with Crippen molar-refractivity contribution >= 4 is 84.0 Å². The predicted octanol–water partition coefficient (Wildman–Crippen LogP) is 13.5. The SMILES string of the molecule is C=C(N=C(N=C(C)c1ccccc1)c1ccccc1)c1cccc(-c2cccc3oc4ccc(C5C=c6c(n(-c7ccccc7)c7c6ccc6[nH]c8ccccc8c67)=CC5)cc4c23)c1. The summed E-state index contributed by atoms with van der Waals surface area (Å²) in [6, 6.07) is 65.8. The molecule has 304 valence electrons. The topological polar surface area (TPSA) is 58.6 Å². The number of fused-ring (bicyclic) bond motifs is 10. The third-order valence-electron chi connectivity index (χ3n) is 12.8. The van der Waals surface area contributed by atoms with Crippen molar-refractivity contribution in [2.75, 3.05) is 0 Å². The molecule has 3 aromatic heterocycles. The number of aromatic nitrogens is 2. The molecule has 0 saturated carbocycles. The Kier molecular flexibility index (Phi) is 8.94. The summed E-state index contributed by atoms with van der Waals surface area (Å²) in [5, 5.41) is 8.47. The zero-order chi connectivity index (χ0) is 42.7. The van der Waals surface area contributed by atoms with Gasteiger partial charge in [-0.05, 0) is 84.1 Å². The summed E-state index contributed by atoms with van der Waals surface area (Å²) in [4.78, 5) is 13.8. The number of nitrogens with one attached hydrogen (secondary N) is 1. The Hall–Kier alpha value is -8.28. The van der Waals surface area contributed by atoms with E-state index < -0.39 is 0 Å². The first-order chi connectivity index (χ1) is 31.6. The number of aromatic amines is 1. The summed E-state index contributed by atoms with van der Waals surface area (Å²) in [5.74, 6) is 0.798. The molecule has 0 fully saturated rings. The first-order valence-electron chi connectivity index (χ1n) is 21.9. The fourth-order valence-electron chi connectivity index (χ4n) is 9.73. The van der Waals surface area contributed by atoms with Crippen LogP contribution in [0.25, 0.3) is 89.3 Å². The summed E-state index contributed by atoms with van der Waals surface area (Å²) >= 11 is 0. The van der Waals surface area contributed by atoms with Crippen molar-refractivity contribution in [2.24, 2.45) is 9.98 Å². The van der Waals surface area contributed by atoms with E-state index >= 15 is 0 Å². The third kappa shape index (κ3) is 6.32. The van der Waals surface area contributed by atoms with Gasteiger partial charge in [-0.2, -0.15) is 0 Å². The molecule has 0 bridgehead atoms. The molecule has 0 spiro atoms. The Morgan fingerprint density at radius 2 is 1.34 bits per heavy atom. The van der Waals surface area contributed by atoms with Crippen LogP contribution in [0.1, 0.15) is 41.5 Å². The van der Waals surface area contributed by atoms with E-state index in [1.54, 1.807) is 0 Å². The standard InChI is InChI=1S/C59H42N4O/c1-37(39-16-6-3-7-17-39)60-59(40-18-8-4-9-19-40)61-38(2)41-20-14-21-44(34-41)46-25-15-27-55-56(46)50-36-43(29-33-54(50)64-55)42-28-32-53-49(35-42)47-30-31-52-57(48-24-12-13-26-51(48)62-52)58(47)63(53)45-22-10-5-11-23-45/h3-27,29-36,42,62H,2,28H2,1H3. The number of benzene rings is 8. The van der Waals surface area contributed by atoms with Gasteiger partial charge in [-0.15, -0.1) is 0 Å². The molecule has 12 rings (SSSR count). The molecule has 0 radical (unpaired) electrons. The fraction of sp³-hybridized carbons (Fsp3) is 0.0508. The molecule has 3 heterocycles. The largest absolute Gasteiger partial charge is 0.456 e. The van der Waals surface area contributed by atoms with Crippen LogP contribution in [0.3, 0.4) is 0 Å². The third-order valence-corrected chi connectivity index (χ3v) is 12.8. The molecule has 1 aliphatic carbocycles. The van der Waals surface area contributed by atoms with Gasteiger partial charge in [-0.1, -0.05) is 158 Å².